The van der Waals surface area contributed by atoms with Crippen LogP contribution < -0.4 is 4.90 Å². The highest BCUT2D eigenvalue weighted by molar-refractivity contribution is 6.04. The van der Waals surface area contributed by atoms with E-state index in [1.165, 1.54) is 6.42 Å². The van der Waals surface area contributed by atoms with Gasteiger partial charge >= 0.3 is 0 Å². The molecule has 2 fully saturated rings. The van der Waals surface area contributed by atoms with E-state index in [0.29, 0.717) is 19.6 Å². The molecule has 2 aliphatic rings. The molecule has 0 aromatic heterocycles. The number of benzene rings is 2. The number of amides is 2. The molecule has 0 aliphatic carbocycles. The van der Waals surface area contributed by atoms with Crippen LogP contribution in [0.1, 0.15) is 26.2 Å². The van der Waals surface area contributed by atoms with Crippen molar-refractivity contribution in [3.8, 4) is 0 Å². The van der Waals surface area contributed by atoms with Gasteiger partial charge in [-0.3, -0.25) is 19.4 Å². The first-order valence-electron chi connectivity index (χ1n) is 11.7. The van der Waals surface area contributed by atoms with Crippen LogP contribution in [0.5, 0.6) is 0 Å². The maximum atomic E-state index is 13.2. The van der Waals surface area contributed by atoms with Crippen LogP contribution in [0.25, 0.3) is 10.8 Å². The number of nitrogens with zero attached hydrogens (tertiary/aromatic N) is 4. The van der Waals surface area contributed by atoms with Gasteiger partial charge in [-0.1, -0.05) is 36.4 Å². The molecule has 2 aromatic rings. The second-order valence-electron chi connectivity index (χ2n) is 8.63. The molecule has 2 saturated heterocycles. The van der Waals surface area contributed by atoms with Crippen LogP contribution in [0.4, 0.5) is 5.69 Å². The highest BCUT2D eigenvalue weighted by Gasteiger charge is 2.25. The summed E-state index contributed by atoms with van der Waals surface area (Å²) in [6, 6.07) is 14.4. The van der Waals surface area contributed by atoms with E-state index in [9.17, 15) is 9.59 Å². The Morgan fingerprint density at radius 1 is 0.806 bits per heavy atom. The third-order valence-corrected chi connectivity index (χ3v) is 6.57. The van der Waals surface area contributed by atoms with E-state index in [1.807, 2.05) is 41.0 Å². The maximum Gasteiger partial charge on any atom is 0.241 e. The molecule has 0 bridgehead atoms. The van der Waals surface area contributed by atoms with E-state index >= 15 is 0 Å². The molecule has 166 valence electrons. The van der Waals surface area contributed by atoms with Crippen molar-refractivity contribution in [3.05, 3.63) is 42.5 Å². The lowest BCUT2D eigenvalue weighted by atomic mass is 10.1. The number of piperazine rings is 1. The monoisotopic (exact) mass is 422 g/mol. The fourth-order valence-electron chi connectivity index (χ4n) is 4.74. The Hall–Kier alpha value is -2.44. The van der Waals surface area contributed by atoms with Gasteiger partial charge in [0.1, 0.15) is 0 Å². The second kappa shape index (κ2) is 10.2. The van der Waals surface area contributed by atoms with Gasteiger partial charge in [0.2, 0.25) is 11.8 Å². The predicted octanol–water partition coefficient (Wildman–Crippen LogP) is 2.82. The first-order valence-corrected chi connectivity index (χ1v) is 11.7. The van der Waals surface area contributed by atoms with Crippen molar-refractivity contribution in [2.45, 2.75) is 26.2 Å². The summed E-state index contributed by atoms with van der Waals surface area (Å²) in [5.74, 6) is 0.397. The topological polar surface area (TPSA) is 47.1 Å². The number of carbonyl (C=O) groups excluding carboxylic acids is 2. The Balaban J connectivity index is 1.31. The fourth-order valence-corrected chi connectivity index (χ4v) is 4.74. The number of carbonyl (C=O) groups is 2. The number of fused-ring (bicyclic) bond motifs is 1. The molecular formula is C25H34N4O2. The van der Waals surface area contributed by atoms with Crippen molar-refractivity contribution >= 4 is 28.3 Å². The van der Waals surface area contributed by atoms with Gasteiger partial charge in [-0.25, -0.2) is 0 Å². The minimum absolute atomic E-state index is 0.136. The van der Waals surface area contributed by atoms with Gasteiger partial charge in [0, 0.05) is 51.2 Å². The normalized spacial score (nSPS) is 18.3. The van der Waals surface area contributed by atoms with Crippen LogP contribution in [-0.2, 0) is 9.59 Å². The van der Waals surface area contributed by atoms with E-state index in [-0.39, 0.29) is 11.8 Å². The molecule has 2 aliphatic heterocycles. The molecule has 31 heavy (non-hydrogen) atoms. The molecule has 0 radical (unpaired) electrons. The smallest absolute Gasteiger partial charge is 0.241 e. The Labute approximate surface area is 185 Å². The molecule has 2 heterocycles. The van der Waals surface area contributed by atoms with Crippen LogP contribution in [0.2, 0.25) is 0 Å². The molecule has 0 spiro atoms. The lowest BCUT2D eigenvalue weighted by Gasteiger charge is -2.36. The zero-order valence-corrected chi connectivity index (χ0v) is 18.6. The van der Waals surface area contributed by atoms with Gasteiger partial charge < -0.3 is 9.80 Å². The Kier molecular flexibility index (Phi) is 7.20. The van der Waals surface area contributed by atoms with Crippen LogP contribution in [0.3, 0.4) is 0 Å². The molecule has 0 atom stereocenters. The molecule has 0 N–H and O–H groups in total. The Morgan fingerprint density at radius 3 is 2.16 bits per heavy atom. The summed E-state index contributed by atoms with van der Waals surface area (Å²) in [7, 11) is 0. The van der Waals surface area contributed by atoms with Gasteiger partial charge in [-0.15, -0.1) is 0 Å². The second-order valence-corrected chi connectivity index (χ2v) is 8.63. The fraction of sp³-hybridized carbons (Fsp3) is 0.520. The standard InChI is InChI=1S/C25H34N4O2/c1-2-29(23-12-8-10-21-9-4-5-11-22(21)23)25(31)20-27-17-15-26(16-18-27)19-24(30)28-13-6-3-7-14-28/h4-5,8-12H,2-3,6-7,13-20H2,1H3. The highest BCUT2D eigenvalue weighted by atomic mass is 16.2. The summed E-state index contributed by atoms with van der Waals surface area (Å²) in [5.41, 5.74) is 0.983. The summed E-state index contributed by atoms with van der Waals surface area (Å²) in [6.07, 6.45) is 3.50. The Bertz CT molecular complexity index is 896. The minimum atomic E-state index is 0.136. The molecule has 0 unspecified atom stereocenters. The van der Waals surface area contributed by atoms with E-state index in [4.69, 9.17) is 0 Å². The third kappa shape index (κ3) is 5.25. The summed E-state index contributed by atoms with van der Waals surface area (Å²) in [6.45, 7) is 8.77. The van der Waals surface area contributed by atoms with Crippen molar-refractivity contribution in [3.63, 3.8) is 0 Å². The predicted molar refractivity (Wildman–Crippen MR) is 125 cm³/mol. The summed E-state index contributed by atoms with van der Waals surface area (Å²) >= 11 is 0. The van der Waals surface area contributed by atoms with Crippen molar-refractivity contribution in [2.24, 2.45) is 0 Å². The number of likely N-dealkylation sites (N-methyl/N-ethyl adjacent to an activating group) is 1. The van der Waals surface area contributed by atoms with Gasteiger partial charge in [0.25, 0.3) is 0 Å². The lowest BCUT2D eigenvalue weighted by Crippen LogP contribution is -2.52. The van der Waals surface area contributed by atoms with Crippen molar-refractivity contribution in [1.82, 2.24) is 14.7 Å². The zero-order valence-electron chi connectivity index (χ0n) is 18.6. The molecule has 6 heteroatoms. The van der Waals surface area contributed by atoms with E-state index < -0.39 is 0 Å². The summed E-state index contributed by atoms with van der Waals surface area (Å²) < 4.78 is 0. The van der Waals surface area contributed by atoms with E-state index in [2.05, 4.69) is 28.0 Å². The van der Waals surface area contributed by atoms with Crippen molar-refractivity contribution in [1.29, 1.82) is 0 Å². The number of piperidine rings is 1. The lowest BCUT2D eigenvalue weighted by molar-refractivity contribution is -0.134. The molecule has 6 nitrogen and oxygen atoms in total. The number of anilines is 1. The van der Waals surface area contributed by atoms with E-state index in [1.54, 1.807) is 0 Å². The summed E-state index contributed by atoms with van der Waals surface area (Å²) in [5, 5.41) is 2.26. The third-order valence-electron chi connectivity index (χ3n) is 6.57. The molecule has 0 saturated carbocycles. The first-order chi connectivity index (χ1) is 15.2. The average molecular weight is 423 g/mol. The van der Waals surface area contributed by atoms with Crippen LogP contribution >= 0.6 is 0 Å². The minimum Gasteiger partial charge on any atom is -0.342 e. The van der Waals surface area contributed by atoms with Gasteiger partial charge in [-0.05, 0) is 37.6 Å². The zero-order chi connectivity index (χ0) is 21.6. The van der Waals surface area contributed by atoms with Crippen molar-refractivity contribution < 1.29 is 9.59 Å². The number of likely N-dealkylation sites (tertiary alicyclic amines) is 1. The van der Waals surface area contributed by atoms with E-state index in [0.717, 1.165) is 68.6 Å². The number of hydrogen-bond acceptors (Lipinski definition) is 4. The van der Waals surface area contributed by atoms with Crippen LogP contribution in [-0.4, -0.2) is 85.4 Å². The van der Waals surface area contributed by atoms with Gasteiger partial charge in [0.15, 0.2) is 0 Å². The van der Waals surface area contributed by atoms with Gasteiger partial charge in [-0.2, -0.15) is 0 Å². The van der Waals surface area contributed by atoms with Crippen LogP contribution in [0.15, 0.2) is 42.5 Å². The number of rotatable bonds is 6. The molecule has 2 aromatic carbocycles. The van der Waals surface area contributed by atoms with Crippen molar-refractivity contribution in [2.75, 3.05) is 63.8 Å². The SMILES string of the molecule is CCN(C(=O)CN1CCN(CC(=O)N2CCCCC2)CC1)c1cccc2ccccc12. The average Bonchev–Trinajstić information content (AvgIpc) is 2.81. The number of hydrogen-bond donors (Lipinski definition) is 0. The summed E-state index contributed by atoms with van der Waals surface area (Å²) in [4.78, 5) is 34.1. The quantitative estimate of drug-likeness (QED) is 0.718. The first kappa shape index (κ1) is 21.8. The Morgan fingerprint density at radius 2 is 1.45 bits per heavy atom. The van der Waals surface area contributed by atoms with Crippen LogP contribution in [0, 0.1) is 0 Å². The molecule has 4 rings (SSSR count). The maximum absolute atomic E-state index is 13.2. The largest absolute Gasteiger partial charge is 0.342 e. The molecular weight excluding hydrogens is 388 g/mol. The highest BCUT2D eigenvalue weighted by Crippen LogP contribution is 2.27. The molecule has 2 amide bonds. The van der Waals surface area contributed by atoms with Gasteiger partial charge in [0.05, 0.1) is 18.8 Å².